The topological polar surface area (TPSA) is 17.1 Å². The molecule has 0 bridgehead atoms. The van der Waals surface area contributed by atoms with Crippen molar-refractivity contribution in [2.45, 2.75) is 88.9 Å². The minimum absolute atomic E-state index is 0.141. The Morgan fingerprint density at radius 3 is 1.14 bits per heavy atom. The van der Waals surface area contributed by atoms with Crippen molar-refractivity contribution in [3.63, 3.8) is 0 Å². The number of rotatable bonds is 7. The molecule has 4 fully saturated rings. The zero-order chi connectivity index (χ0) is 41.6. The van der Waals surface area contributed by atoms with E-state index in [1.807, 2.05) is 0 Å². The van der Waals surface area contributed by atoms with Crippen molar-refractivity contribution in [2.75, 3.05) is 6.66 Å². The number of hydrogen-bond acceptors (Lipinski definition) is 1. The van der Waals surface area contributed by atoms with Gasteiger partial charge in [-0.3, -0.25) is 4.79 Å². The maximum absolute atomic E-state index is 13.8. The molecular weight excluding hydrogens is 827 g/mol. The van der Waals surface area contributed by atoms with Crippen LogP contribution in [0, 0.1) is 46.9 Å². The maximum atomic E-state index is 13.8. The van der Waals surface area contributed by atoms with Crippen LogP contribution in [0.25, 0.3) is 0 Å². The molecule has 0 radical (unpaired) electrons. The van der Waals surface area contributed by atoms with Crippen molar-refractivity contribution < 1.29 is 22.4 Å². The molecule has 0 aliphatic heterocycles. The van der Waals surface area contributed by atoms with Crippen molar-refractivity contribution in [2.24, 2.45) is 23.7 Å². The minimum atomic E-state index is -2.56. The minimum Gasteiger partial charge on any atom is -0.300 e. The predicted molar refractivity (Wildman–Crippen MR) is 242 cm³/mol. The van der Waals surface area contributed by atoms with E-state index in [1.165, 1.54) is 46.5 Å². The summed E-state index contributed by atoms with van der Waals surface area (Å²) in [5, 5.41) is 1.48. The molecule has 59 heavy (non-hydrogen) atoms. The van der Waals surface area contributed by atoms with Gasteiger partial charge in [0, 0.05) is 12.8 Å². The smallest absolute Gasteiger partial charge is 0.162 e. The first-order chi connectivity index (χ1) is 28.4. The number of Topliss-reactive ketones (excluding diaryl/α,β-unsaturated/α-hetero) is 1. The zero-order valence-corrected chi connectivity index (χ0v) is 36.5. The van der Waals surface area contributed by atoms with Crippen LogP contribution in [0.1, 0.15) is 100 Å². The molecule has 4 aliphatic rings. The summed E-state index contributed by atoms with van der Waals surface area (Å²) >= 11 is 4.24. The Kier molecular flexibility index (Phi) is 13.8. The Morgan fingerprint density at radius 2 is 0.814 bits per heavy atom. The molecule has 0 amide bonds. The Labute approximate surface area is 356 Å². The molecular formula is C52H56BrF4OP. The van der Waals surface area contributed by atoms with Crippen LogP contribution in [0.3, 0.4) is 0 Å². The van der Waals surface area contributed by atoms with Crippen molar-refractivity contribution in [3.05, 3.63) is 174 Å². The van der Waals surface area contributed by atoms with Crippen molar-refractivity contribution >= 4 is 42.5 Å². The molecule has 7 heteroatoms. The molecule has 310 valence electrons. The molecule has 5 aromatic carbocycles. The van der Waals surface area contributed by atoms with Gasteiger partial charge in [-0.1, -0.05) is 36.4 Å². The summed E-state index contributed by atoms with van der Waals surface area (Å²) in [5.41, 5.74) is 2.49. The molecule has 0 spiro atoms. The van der Waals surface area contributed by atoms with Crippen LogP contribution in [-0.2, 0) is 4.79 Å². The van der Waals surface area contributed by atoms with E-state index in [-0.39, 0.29) is 11.8 Å². The van der Waals surface area contributed by atoms with Gasteiger partial charge in [-0.15, -0.1) is 0 Å². The molecule has 0 N–H and O–H groups in total. The molecule has 0 aromatic heterocycles. The third-order valence-electron chi connectivity index (χ3n) is 13.9. The van der Waals surface area contributed by atoms with Crippen LogP contribution in [0.5, 0.6) is 0 Å². The number of halogens is 5. The number of benzene rings is 5. The Morgan fingerprint density at radius 1 is 0.475 bits per heavy atom. The van der Waals surface area contributed by atoms with Crippen LogP contribution >= 0.6 is 20.8 Å². The summed E-state index contributed by atoms with van der Waals surface area (Å²) < 4.78 is 54.0. The second kappa shape index (κ2) is 18.8. The average molecular weight is 884 g/mol. The molecule has 4 aliphatic carbocycles. The van der Waals surface area contributed by atoms with Gasteiger partial charge in [0.1, 0.15) is 5.78 Å². The van der Waals surface area contributed by atoms with Crippen LogP contribution in [0.4, 0.5) is 17.6 Å². The fourth-order valence-corrected chi connectivity index (χ4v) is 15.8. The van der Waals surface area contributed by atoms with E-state index < -0.39 is 28.6 Å². The molecule has 4 saturated carbocycles. The van der Waals surface area contributed by atoms with E-state index in [1.54, 1.807) is 24.3 Å². The van der Waals surface area contributed by atoms with Gasteiger partial charge in [0.2, 0.25) is 0 Å². The van der Waals surface area contributed by atoms with E-state index in [2.05, 4.69) is 120 Å². The quantitative estimate of drug-likeness (QED) is 0.0904. The molecule has 0 unspecified atom stereocenters. The molecule has 0 heterocycles. The molecule has 0 saturated heterocycles. The first kappa shape index (κ1) is 43.2. The third kappa shape index (κ3) is 9.55. The van der Waals surface area contributed by atoms with Crippen LogP contribution in [0.2, 0.25) is 0 Å². The van der Waals surface area contributed by atoms with E-state index in [0.29, 0.717) is 28.7 Å². The monoisotopic (exact) mass is 882 g/mol. The SMILES string of the molecule is C=C1CC(C2CCC(c3cccc(F)c3F)CC2)C1.CP(Br)(c1ccccc1)(c1ccccc1)c1ccccc1.O=C1CC(C2CCC(c3cccc(F)c3F)CC2)C1. The summed E-state index contributed by atoms with van der Waals surface area (Å²) in [4.78, 5) is 11.0. The third-order valence-corrected chi connectivity index (χ3v) is 22.2. The predicted octanol–water partition coefficient (Wildman–Crippen LogP) is 13.9. The van der Waals surface area contributed by atoms with Gasteiger partial charge >= 0.3 is 134 Å². The second-order valence-electron chi connectivity index (χ2n) is 17.6. The normalized spacial score (nSPS) is 22.9. The number of allylic oxidation sites excluding steroid dienone is 1. The van der Waals surface area contributed by atoms with Crippen LogP contribution < -0.4 is 15.9 Å². The average Bonchev–Trinajstić information content (AvgIpc) is 3.25. The van der Waals surface area contributed by atoms with Crippen LogP contribution in [-0.4, -0.2) is 12.4 Å². The van der Waals surface area contributed by atoms with E-state index in [0.717, 1.165) is 76.0 Å². The van der Waals surface area contributed by atoms with E-state index in [4.69, 9.17) is 0 Å². The molecule has 5 aromatic rings. The summed E-state index contributed by atoms with van der Waals surface area (Å²) in [5.74, 6) is 0.716. The Balaban J connectivity index is 0.000000134. The van der Waals surface area contributed by atoms with Gasteiger partial charge in [0.15, 0.2) is 23.3 Å². The number of ketones is 1. The standard InChI is InChI=1S/C19H18BrP.C17H20F2.C16H18F2O/c1-21(20,17-11-5-2-6-12-17,18-13-7-3-8-14-18)19-15-9-4-10-16-19;1-11-9-14(10-11)12-5-7-13(8-6-12)15-3-2-4-16(18)17(15)19;17-15-3-1-2-14(16(15)18)11-6-4-10(5-7-11)12-8-13(19)9-12/h2-16H,1H3;2-4,12-14H,1,5-10H2;1-3,10-12H,4-9H2. The van der Waals surface area contributed by atoms with Gasteiger partial charge in [-0.25, -0.2) is 17.6 Å². The van der Waals surface area contributed by atoms with Crippen molar-refractivity contribution in [1.82, 2.24) is 0 Å². The number of hydrogen-bond donors (Lipinski definition) is 0. The van der Waals surface area contributed by atoms with E-state index >= 15 is 0 Å². The first-order valence-electron chi connectivity index (χ1n) is 21.4. The summed E-state index contributed by atoms with van der Waals surface area (Å²) in [6.07, 6.45) is 12.0. The Bertz CT molecular complexity index is 1980. The maximum Gasteiger partial charge on any atom is 0.162 e. The van der Waals surface area contributed by atoms with Gasteiger partial charge in [-0.2, -0.15) is 0 Å². The number of carbonyl (C=O) groups is 1. The van der Waals surface area contributed by atoms with Crippen molar-refractivity contribution in [1.29, 1.82) is 0 Å². The molecule has 1 nitrogen and oxygen atoms in total. The summed E-state index contributed by atoms with van der Waals surface area (Å²) in [6.45, 7) is 6.36. The summed E-state index contributed by atoms with van der Waals surface area (Å²) in [7, 11) is 0. The number of carbonyl (C=O) groups excluding carboxylic acids is 1. The van der Waals surface area contributed by atoms with Gasteiger partial charge in [0.05, 0.1) is 0 Å². The van der Waals surface area contributed by atoms with Gasteiger partial charge in [-0.05, 0) is 123 Å². The molecule has 9 rings (SSSR count). The fourth-order valence-electron chi connectivity index (χ4n) is 10.1. The van der Waals surface area contributed by atoms with Crippen LogP contribution in [0.15, 0.2) is 140 Å². The van der Waals surface area contributed by atoms with Gasteiger partial charge < -0.3 is 0 Å². The summed E-state index contributed by atoms with van der Waals surface area (Å²) in [6, 6.07) is 41.3. The Hall–Kier alpha value is -3.86. The zero-order valence-electron chi connectivity index (χ0n) is 34.0. The van der Waals surface area contributed by atoms with E-state index in [9.17, 15) is 22.4 Å². The largest absolute Gasteiger partial charge is 0.300 e. The molecule has 0 atom stereocenters. The fraction of sp³-hybridized carbons (Fsp3) is 0.365. The van der Waals surface area contributed by atoms with Crippen molar-refractivity contribution in [3.8, 4) is 0 Å². The second-order valence-corrected chi connectivity index (χ2v) is 27.3. The first-order valence-corrected chi connectivity index (χ1v) is 26.1. The van der Waals surface area contributed by atoms with Gasteiger partial charge in [0.25, 0.3) is 0 Å².